The normalized spacial score (nSPS) is 25.3. The fraction of sp³-hybridized carbons (Fsp3) is 0.357. The number of carbonyl (C=O) groups excluding carboxylic acids is 1. The number of hydrogen-bond donors (Lipinski definition) is 0. The third-order valence-electron chi connectivity index (χ3n) is 3.38. The monoisotopic (exact) mass is 245 g/mol. The van der Waals surface area contributed by atoms with Crippen LogP contribution in [0.25, 0.3) is 0 Å². The zero-order chi connectivity index (χ0) is 12.5. The number of rotatable bonds is 2. The maximum absolute atomic E-state index is 12.3. The first-order valence-corrected chi connectivity index (χ1v) is 6.10. The van der Waals surface area contributed by atoms with Gasteiger partial charge in [-0.25, -0.2) is 5.06 Å². The second-order valence-corrected chi connectivity index (χ2v) is 4.53. The highest BCUT2D eigenvalue weighted by atomic mass is 16.7. The summed E-state index contributed by atoms with van der Waals surface area (Å²) in [6, 6.07) is 7.16. The van der Waals surface area contributed by atoms with Gasteiger partial charge in [0.25, 0.3) is 5.91 Å². The molecule has 2 unspecified atom stereocenters. The Morgan fingerprint density at radius 2 is 2.06 bits per heavy atom. The Bertz CT molecular complexity index is 480. The number of methoxy groups -OCH3 is 1. The lowest BCUT2D eigenvalue weighted by Crippen LogP contribution is -2.48. The molecule has 1 fully saturated rings. The van der Waals surface area contributed by atoms with Crippen LogP contribution in [0.5, 0.6) is 5.75 Å². The van der Waals surface area contributed by atoms with Gasteiger partial charge in [-0.2, -0.15) is 0 Å². The minimum Gasteiger partial charge on any atom is -0.497 e. The Hall–Kier alpha value is -1.81. The van der Waals surface area contributed by atoms with E-state index >= 15 is 0 Å². The summed E-state index contributed by atoms with van der Waals surface area (Å²) in [6.45, 7) is 0. The molecule has 1 aliphatic carbocycles. The minimum atomic E-state index is -0.0864. The van der Waals surface area contributed by atoms with Crippen LogP contribution in [-0.4, -0.2) is 30.2 Å². The average molecular weight is 245 g/mol. The fourth-order valence-electron chi connectivity index (χ4n) is 2.35. The first-order chi connectivity index (χ1) is 8.78. The van der Waals surface area contributed by atoms with Gasteiger partial charge in [-0.05, 0) is 37.1 Å². The molecule has 1 aromatic carbocycles. The fourth-order valence-corrected chi connectivity index (χ4v) is 2.35. The molecule has 94 valence electrons. The third kappa shape index (κ3) is 1.88. The van der Waals surface area contributed by atoms with Crippen LogP contribution in [-0.2, 0) is 4.84 Å². The molecule has 2 atom stereocenters. The molecular weight excluding hydrogens is 230 g/mol. The Balaban J connectivity index is 1.80. The van der Waals surface area contributed by atoms with Crippen LogP contribution in [0.2, 0.25) is 0 Å². The van der Waals surface area contributed by atoms with E-state index in [1.54, 1.807) is 31.4 Å². The van der Waals surface area contributed by atoms with E-state index in [0.717, 1.165) is 18.6 Å². The summed E-state index contributed by atoms with van der Waals surface area (Å²) in [5.74, 6) is 0.657. The molecule has 4 heteroatoms. The van der Waals surface area contributed by atoms with Crippen molar-refractivity contribution in [3.63, 3.8) is 0 Å². The van der Waals surface area contributed by atoms with Gasteiger partial charge in [-0.3, -0.25) is 9.63 Å². The average Bonchev–Trinajstić information content (AvgIpc) is 2.48. The van der Waals surface area contributed by atoms with Crippen molar-refractivity contribution < 1.29 is 14.4 Å². The molecule has 0 saturated carbocycles. The Labute approximate surface area is 106 Å². The van der Waals surface area contributed by atoms with E-state index in [9.17, 15) is 4.79 Å². The quantitative estimate of drug-likeness (QED) is 0.749. The summed E-state index contributed by atoms with van der Waals surface area (Å²) in [6.07, 6.45) is 6.11. The van der Waals surface area contributed by atoms with E-state index in [0.29, 0.717) is 5.56 Å². The van der Waals surface area contributed by atoms with Gasteiger partial charge in [0, 0.05) is 5.56 Å². The van der Waals surface area contributed by atoms with Crippen molar-refractivity contribution in [2.45, 2.75) is 25.0 Å². The van der Waals surface area contributed by atoms with Gasteiger partial charge in [-0.15, -0.1) is 0 Å². The molecule has 4 nitrogen and oxygen atoms in total. The first kappa shape index (κ1) is 11.3. The second kappa shape index (κ2) is 4.46. The maximum atomic E-state index is 12.3. The van der Waals surface area contributed by atoms with Crippen molar-refractivity contribution in [3.8, 4) is 5.75 Å². The molecule has 1 saturated heterocycles. The highest BCUT2D eigenvalue weighted by Crippen LogP contribution is 2.29. The molecule has 0 N–H and O–H groups in total. The van der Waals surface area contributed by atoms with Crippen LogP contribution in [0.15, 0.2) is 36.4 Å². The van der Waals surface area contributed by atoms with Crippen molar-refractivity contribution in [2.24, 2.45) is 0 Å². The van der Waals surface area contributed by atoms with Gasteiger partial charge in [-0.1, -0.05) is 12.2 Å². The second-order valence-electron chi connectivity index (χ2n) is 4.53. The molecule has 18 heavy (non-hydrogen) atoms. The van der Waals surface area contributed by atoms with Crippen LogP contribution in [0.3, 0.4) is 0 Å². The van der Waals surface area contributed by atoms with Crippen LogP contribution in [0.4, 0.5) is 0 Å². The predicted molar refractivity (Wildman–Crippen MR) is 66.2 cm³/mol. The van der Waals surface area contributed by atoms with E-state index in [-0.39, 0.29) is 18.1 Å². The third-order valence-corrected chi connectivity index (χ3v) is 3.38. The van der Waals surface area contributed by atoms with Crippen LogP contribution < -0.4 is 4.74 Å². The summed E-state index contributed by atoms with van der Waals surface area (Å²) in [4.78, 5) is 17.9. The summed E-state index contributed by atoms with van der Waals surface area (Å²) < 4.78 is 5.08. The molecule has 2 aliphatic heterocycles. The van der Waals surface area contributed by atoms with Gasteiger partial charge >= 0.3 is 0 Å². The molecule has 3 aliphatic rings. The van der Waals surface area contributed by atoms with Gasteiger partial charge in [0.1, 0.15) is 11.9 Å². The van der Waals surface area contributed by atoms with Crippen LogP contribution >= 0.6 is 0 Å². The molecule has 2 bridgehead atoms. The summed E-state index contributed by atoms with van der Waals surface area (Å²) in [5.41, 5.74) is 0.622. The molecule has 0 aromatic heterocycles. The molecule has 0 spiro atoms. The van der Waals surface area contributed by atoms with Gasteiger partial charge in [0.15, 0.2) is 0 Å². The van der Waals surface area contributed by atoms with Crippen LogP contribution in [0.1, 0.15) is 23.2 Å². The van der Waals surface area contributed by atoms with E-state index < -0.39 is 0 Å². The first-order valence-electron chi connectivity index (χ1n) is 6.10. The van der Waals surface area contributed by atoms with Crippen molar-refractivity contribution in [3.05, 3.63) is 42.0 Å². The van der Waals surface area contributed by atoms with E-state index in [1.807, 2.05) is 6.08 Å². The smallest absolute Gasteiger partial charge is 0.278 e. The van der Waals surface area contributed by atoms with Gasteiger partial charge in [0.2, 0.25) is 0 Å². The molecule has 1 aromatic rings. The molecule has 1 amide bonds. The van der Waals surface area contributed by atoms with Crippen molar-refractivity contribution >= 4 is 5.91 Å². The Kier molecular flexibility index (Phi) is 2.80. The number of hydrogen-bond acceptors (Lipinski definition) is 3. The predicted octanol–water partition coefficient (Wildman–Crippen LogP) is 2.17. The lowest BCUT2D eigenvalue weighted by molar-refractivity contribution is -0.197. The number of carbonyl (C=O) groups is 1. The maximum Gasteiger partial charge on any atom is 0.278 e. The van der Waals surface area contributed by atoms with Gasteiger partial charge < -0.3 is 4.74 Å². The summed E-state index contributed by atoms with van der Waals surface area (Å²) in [7, 11) is 1.61. The van der Waals surface area contributed by atoms with E-state index in [1.165, 1.54) is 5.06 Å². The number of fused-ring (bicyclic) bond motifs is 2. The number of amides is 1. The molecule has 0 radical (unpaired) electrons. The largest absolute Gasteiger partial charge is 0.497 e. The number of hydroxylamine groups is 2. The molecule has 4 rings (SSSR count). The minimum absolute atomic E-state index is 0.0530. The molecular formula is C14H15NO3. The highest BCUT2D eigenvalue weighted by molar-refractivity contribution is 5.94. The SMILES string of the molecule is COc1ccc(C(=O)N2OC3C=CC2CC3)cc1. The van der Waals surface area contributed by atoms with E-state index in [2.05, 4.69) is 6.08 Å². The standard InChI is InChI=1S/C14H15NO3/c1-17-12-6-2-10(3-7-12)14(16)15-11-4-8-13(18-15)9-5-11/h2-4,6-8,11,13H,5,9H2,1H3. The number of benzene rings is 1. The molecule has 2 heterocycles. The zero-order valence-corrected chi connectivity index (χ0v) is 10.2. The Morgan fingerprint density at radius 1 is 1.28 bits per heavy atom. The lowest BCUT2D eigenvalue weighted by atomic mass is 9.98. The lowest BCUT2D eigenvalue weighted by Gasteiger charge is -2.40. The van der Waals surface area contributed by atoms with Gasteiger partial charge in [0.05, 0.1) is 13.2 Å². The summed E-state index contributed by atoms with van der Waals surface area (Å²) >= 11 is 0. The summed E-state index contributed by atoms with van der Waals surface area (Å²) in [5, 5.41) is 1.50. The Morgan fingerprint density at radius 3 is 2.56 bits per heavy atom. The van der Waals surface area contributed by atoms with Crippen molar-refractivity contribution in [1.29, 1.82) is 0 Å². The highest BCUT2D eigenvalue weighted by Gasteiger charge is 2.34. The topological polar surface area (TPSA) is 38.8 Å². The zero-order valence-electron chi connectivity index (χ0n) is 10.2. The van der Waals surface area contributed by atoms with E-state index in [4.69, 9.17) is 9.57 Å². The van der Waals surface area contributed by atoms with Crippen LogP contribution in [0, 0.1) is 0 Å². The number of ether oxygens (including phenoxy) is 1. The number of nitrogens with zero attached hydrogens (tertiary/aromatic N) is 1. The van der Waals surface area contributed by atoms with Crippen molar-refractivity contribution in [1.82, 2.24) is 5.06 Å². The van der Waals surface area contributed by atoms with Crippen molar-refractivity contribution in [2.75, 3.05) is 7.11 Å².